The van der Waals surface area contributed by atoms with E-state index in [1.807, 2.05) is 24.3 Å². The van der Waals surface area contributed by atoms with Gasteiger partial charge in [0.1, 0.15) is 6.54 Å². The number of benzene rings is 1. The van der Waals surface area contributed by atoms with Gasteiger partial charge in [-0.1, -0.05) is 40.2 Å². The number of nitrogens with two attached hydrogens (primary N) is 1. The molecule has 0 aliphatic carbocycles. The Kier molecular flexibility index (Phi) is 3.94. The summed E-state index contributed by atoms with van der Waals surface area (Å²) in [7, 11) is 0. The van der Waals surface area contributed by atoms with E-state index in [9.17, 15) is 0 Å². The molecule has 0 amide bonds. The lowest BCUT2D eigenvalue weighted by atomic mass is 10.1. The standard InChI is InChI=1S/C13H13ClN6O/c14-11-4-2-1-3-9(11)5-12-16-13(21-18-12)8-20-7-10(6-15)17-19-20/h1-4,7H,5-6,8,15H2. The van der Waals surface area contributed by atoms with E-state index in [1.54, 1.807) is 10.9 Å². The SMILES string of the molecule is NCc1cn(Cc2nc(Cc3ccccc3Cl)no2)nn1. The molecule has 1 aromatic carbocycles. The minimum atomic E-state index is 0.349. The lowest BCUT2D eigenvalue weighted by molar-refractivity contribution is 0.360. The van der Waals surface area contributed by atoms with E-state index in [0.29, 0.717) is 41.9 Å². The number of nitrogens with zero attached hydrogens (tertiary/aromatic N) is 5. The Morgan fingerprint density at radius 3 is 2.90 bits per heavy atom. The van der Waals surface area contributed by atoms with E-state index in [1.165, 1.54) is 0 Å². The maximum atomic E-state index is 6.11. The van der Waals surface area contributed by atoms with E-state index in [4.69, 9.17) is 21.9 Å². The van der Waals surface area contributed by atoms with Gasteiger partial charge >= 0.3 is 0 Å². The highest BCUT2D eigenvalue weighted by molar-refractivity contribution is 6.31. The Labute approximate surface area is 125 Å². The van der Waals surface area contributed by atoms with Gasteiger partial charge in [0.2, 0.25) is 5.89 Å². The number of halogens is 1. The Bertz CT molecular complexity index is 738. The lowest BCUT2D eigenvalue weighted by Gasteiger charge is -1.98. The fourth-order valence-electron chi connectivity index (χ4n) is 1.89. The molecule has 0 saturated carbocycles. The maximum absolute atomic E-state index is 6.11. The van der Waals surface area contributed by atoms with Gasteiger partial charge in [-0.15, -0.1) is 5.10 Å². The fraction of sp³-hybridized carbons (Fsp3) is 0.231. The lowest BCUT2D eigenvalue weighted by Crippen LogP contribution is -2.01. The van der Waals surface area contributed by atoms with Gasteiger partial charge in [-0.3, -0.25) is 0 Å². The predicted molar refractivity (Wildman–Crippen MR) is 75.6 cm³/mol. The molecule has 21 heavy (non-hydrogen) atoms. The van der Waals surface area contributed by atoms with E-state index in [2.05, 4.69) is 20.5 Å². The van der Waals surface area contributed by atoms with Gasteiger partial charge in [0.15, 0.2) is 5.82 Å². The first kappa shape index (κ1) is 13.7. The van der Waals surface area contributed by atoms with Crippen LogP contribution in [0.1, 0.15) is 23.0 Å². The van der Waals surface area contributed by atoms with Gasteiger partial charge in [-0.2, -0.15) is 4.98 Å². The van der Waals surface area contributed by atoms with Crippen LogP contribution in [0.15, 0.2) is 35.0 Å². The third kappa shape index (κ3) is 3.26. The summed E-state index contributed by atoms with van der Waals surface area (Å²) >= 11 is 6.11. The van der Waals surface area contributed by atoms with Gasteiger partial charge in [-0.25, -0.2) is 4.68 Å². The van der Waals surface area contributed by atoms with Crippen LogP contribution in [0.5, 0.6) is 0 Å². The number of aromatic nitrogens is 5. The quantitative estimate of drug-likeness (QED) is 0.765. The molecule has 108 valence electrons. The van der Waals surface area contributed by atoms with Crippen LogP contribution in [0.25, 0.3) is 0 Å². The summed E-state index contributed by atoms with van der Waals surface area (Å²) < 4.78 is 6.81. The predicted octanol–water partition coefficient (Wildman–Crippen LogP) is 1.41. The highest BCUT2D eigenvalue weighted by Crippen LogP contribution is 2.17. The zero-order chi connectivity index (χ0) is 14.7. The number of hydrogen-bond acceptors (Lipinski definition) is 6. The van der Waals surface area contributed by atoms with Gasteiger partial charge in [0.05, 0.1) is 11.9 Å². The number of hydrogen-bond donors (Lipinski definition) is 1. The molecule has 3 rings (SSSR count). The molecule has 2 heterocycles. The molecular formula is C13H13ClN6O. The average molecular weight is 305 g/mol. The molecule has 0 spiro atoms. The summed E-state index contributed by atoms with van der Waals surface area (Å²) in [6, 6.07) is 7.57. The summed E-state index contributed by atoms with van der Waals surface area (Å²) in [6.45, 7) is 0.712. The van der Waals surface area contributed by atoms with Crippen LogP contribution < -0.4 is 5.73 Å². The molecule has 2 aromatic heterocycles. The molecule has 0 aliphatic rings. The summed E-state index contributed by atoms with van der Waals surface area (Å²) in [4.78, 5) is 4.32. The van der Waals surface area contributed by atoms with Crippen LogP contribution in [-0.2, 0) is 19.5 Å². The van der Waals surface area contributed by atoms with Crippen molar-refractivity contribution < 1.29 is 4.52 Å². The van der Waals surface area contributed by atoms with Crippen LogP contribution in [0.4, 0.5) is 0 Å². The first-order valence-electron chi connectivity index (χ1n) is 6.38. The molecule has 0 radical (unpaired) electrons. The fourth-order valence-corrected chi connectivity index (χ4v) is 2.09. The third-order valence-corrected chi connectivity index (χ3v) is 3.28. The molecular weight excluding hydrogens is 292 g/mol. The van der Waals surface area contributed by atoms with Crippen molar-refractivity contribution in [2.24, 2.45) is 5.73 Å². The molecule has 8 heteroatoms. The van der Waals surface area contributed by atoms with E-state index >= 15 is 0 Å². The minimum absolute atomic E-state index is 0.349. The average Bonchev–Trinajstić information content (AvgIpc) is 3.11. The first-order valence-corrected chi connectivity index (χ1v) is 6.76. The zero-order valence-corrected chi connectivity index (χ0v) is 11.9. The smallest absolute Gasteiger partial charge is 0.248 e. The first-order chi connectivity index (χ1) is 10.2. The van der Waals surface area contributed by atoms with Crippen LogP contribution in [0.2, 0.25) is 5.02 Å². The Morgan fingerprint density at radius 2 is 2.14 bits per heavy atom. The molecule has 3 aromatic rings. The van der Waals surface area contributed by atoms with Crippen molar-refractivity contribution in [1.82, 2.24) is 25.1 Å². The molecule has 0 unspecified atom stereocenters. The van der Waals surface area contributed by atoms with Crippen molar-refractivity contribution in [2.75, 3.05) is 0 Å². The summed E-state index contributed by atoms with van der Waals surface area (Å²) in [5, 5.41) is 12.5. The van der Waals surface area contributed by atoms with Crippen LogP contribution in [0, 0.1) is 0 Å². The van der Waals surface area contributed by atoms with E-state index in [-0.39, 0.29) is 0 Å². The minimum Gasteiger partial charge on any atom is -0.337 e. The molecule has 2 N–H and O–H groups in total. The molecule has 0 aliphatic heterocycles. The zero-order valence-electron chi connectivity index (χ0n) is 11.1. The maximum Gasteiger partial charge on any atom is 0.248 e. The highest BCUT2D eigenvalue weighted by Gasteiger charge is 2.10. The van der Waals surface area contributed by atoms with Gasteiger partial charge < -0.3 is 10.3 Å². The second-order valence-corrected chi connectivity index (χ2v) is 4.89. The highest BCUT2D eigenvalue weighted by atomic mass is 35.5. The Hall–Kier alpha value is -2.25. The van der Waals surface area contributed by atoms with Crippen LogP contribution in [-0.4, -0.2) is 25.1 Å². The molecule has 0 bridgehead atoms. The van der Waals surface area contributed by atoms with Crippen LogP contribution in [0.3, 0.4) is 0 Å². The van der Waals surface area contributed by atoms with Crippen molar-refractivity contribution in [3.63, 3.8) is 0 Å². The molecule has 0 fully saturated rings. The summed E-state index contributed by atoms with van der Waals surface area (Å²) in [5.41, 5.74) is 7.15. The Balaban J connectivity index is 1.70. The van der Waals surface area contributed by atoms with E-state index < -0.39 is 0 Å². The van der Waals surface area contributed by atoms with Gasteiger partial charge in [0, 0.05) is 18.0 Å². The van der Waals surface area contributed by atoms with Gasteiger partial charge in [-0.05, 0) is 11.6 Å². The van der Waals surface area contributed by atoms with Crippen LogP contribution >= 0.6 is 11.6 Å². The Morgan fingerprint density at radius 1 is 1.29 bits per heavy atom. The second-order valence-electron chi connectivity index (χ2n) is 4.48. The molecule has 0 atom stereocenters. The monoisotopic (exact) mass is 304 g/mol. The largest absolute Gasteiger partial charge is 0.337 e. The van der Waals surface area contributed by atoms with Crippen molar-refractivity contribution in [3.05, 3.63) is 58.5 Å². The molecule has 0 saturated heterocycles. The topological polar surface area (TPSA) is 95.7 Å². The third-order valence-electron chi connectivity index (χ3n) is 2.91. The second kappa shape index (κ2) is 6.02. The molecule has 7 nitrogen and oxygen atoms in total. The van der Waals surface area contributed by atoms with Crippen molar-refractivity contribution in [1.29, 1.82) is 0 Å². The summed E-state index contributed by atoms with van der Waals surface area (Å²) in [5.74, 6) is 1.04. The van der Waals surface area contributed by atoms with Crippen molar-refractivity contribution >= 4 is 11.6 Å². The number of rotatable bonds is 5. The van der Waals surface area contributed by atoms with Crippen molar-refractivity contribution in [2.45, 2.75) is 19.5 Å². The van der Waals surface area contributed by atoms with E-state index in [0.717, 1.165) is 5.56 Å². The summed E-state index contributed by atoms with van der Waals surface area (Å²) in [6.07, 6.45) is 2.27. The van der Waals surface area contributed by atoms with Crippen molar-refractivity contribution in [3.8, 4) is 0 Å². The normalized spacial score (nSPS) is 11.0. The van der Waals surface area contributed by atoms with Gasteiger partial charge in [0.25, 0.3) is 0 Å².